The Kier molecular flexibility index (Phi) is 4.01. The van der Waals surface area contributed by atoms with Gasteiger partial charge in [0.2, 0.25) is 0 Å². The van der Waals surface area contributed by atoms with Crippen LogP contribution < -0.4 is 0 Å². The molecule has 28 heavy (non-hydrogen) atoms. The monoisotopic (exact) mass is 375 g/mol. The maximum absolute atomic E-state index is 14.7. The summed E-state index contributed by atoms with van der Waals surface area (Å²) < 4.78 is 28.7. The fraction of sp³-hybridized carbons (Fsp3) is 0.227. The van der Waals surface area contributed by atoms with Crippen LogP contribution in [0.1, 0.15) is 35.6 Å². The average Bonchev–Trinajstić information content (AvgIpc) is 3.01. The Morgan fingerprint density at radius 1 is 1.07 bits per heavy atom. The Morgan fingerprint density at radius 2 is 1.75 bits per heavy atom. The van der Waals surface area contributed by atoms with Crippen molar-refractivity contribution in [1.29, 1.82) is 10.5 Å². The maximum atomic E-state index is 14.7. The first kappa shape index (κ1) is 17.9. The van der Waals surface area contributed by atoms with E-state index in [1.54, 1.807) is 29.3 Å². The predicted molar refractivity (Wildman–Crippen MR) is 97.3 cm³/mol. The molecule has 2 aromatic carbocycles. The molecule has 3 atom stereocenters. The third kappa shape index (κ3) is 2.21. The molecule has 1 saturated heterocycles. The normalized spacial score (nSPS) is 24.0. The number of carbonyl (C=O) groups excluding carboxylic acids is 1. The molecule has 0 bridgehead atoms. The minimum absolute atomic E-state index is 0.136. The molecule has 0 saturated carbocycles. The van der Waals surface area contributed by atoms with Gasteiger partial charge in [0.1, 0.15) is 0 Å². The van der Waals surface area contributed by atoms with Gasteiger partial charge in [0.15, 0.2) is 22.8 Å². The van der Waals surface area contributed by atoms with Crippen molar-refractivity contribution >= 4 is 11.9 Å². The van der Waals surface area contributed by atoms with Crippen LogP contribution in [0.4, 0.5) is 8.78 Å². The van der Waals surface area contributed by atoms with Crippen LogP contribution >= 0.6 is 0 Å². The molecule has 4 rings (SSSR count). The van der Waals surface area contributed by atoms with Crippen molar-refractivity contribution in [3.05, 3.63) is 77.0 Å². The summed E-state index contributed by atoms with van der Waals surface area (Å²) in [6, 6.07) is 13.3. The van der Waals surface area contributed by atoms with Gasteiger partial charge >= 0.3 is 0 Å². The Bertz CT molecular complexity index is 1080. The van der Waals surface area contributed by atoms with E-state index >= 15 is 0 Å². The van der Waals surface area contributed by atoms with Gasteiger partial charge in [-0.3, -0.25) is 4.79 Å². The summed E-state index contributed by atoms with van der Waals surface area (Å²) in [7, 11) is 0. The summed E-state index contributed by atoms with van der Waals surface area (Å²) in [6.45, 7) is 1.34. The summed E-state index contributed by atoms with van der Waals surface area (Å²) in [5.74, 6) is -3.68. The second-order valence-electron chi connectivity index (χ2n) is 7.06. The standard InChI is InChI=1S/C22H15F2N3O/c1-13(28)20-18(16-7-4-8-17(23)19(16)24)22(11-25,12-26)21-15-6-3-2-5-14(15)9-10-27(20)21/h2-10,18,20-21H,1H3. The van der Waals surface area contributed by atoms with Gasteiger partial charge in [-0.05, 0) is 35.8 Å². The third-order valence-corrected chi connectivity index (χ3v) is 5.68. The third-order valence-electron chi connectivity index (χ3n) is 5.68. The van der Waals surface area contributed by atoms with E-state index in [1.807, 2.05) is 12.1 Å². The molecule has 0 amide bonds. The Balaban J connectivity index is 2.05. The lowest BCUT2D eigenvalue weighted by atomic mass is 9.67. The first-order valence-corrected chi connectivity index (χ1v) is 8.77. The number of rotatable bonds is 2. The number of Topliss-reactive ketones (excluding diaryl/α,β-unsaturated/α-hetero) is 1. The van der Waals surface area contributed by atoms with E-state index in [0.29, 0.717) is 5.56 Å². The highest BCUT2D eigenvalue weighted by molar-refractivity contribution is 5.85. The van der Waals surface area contributed by atoms with Crippen LogP contribution in [0, 0.1) is 39.7 Å². The van der Waals surface area contributed by atoms with Crippen molar-refractivity contribution in [3.63, 3.8) is 0 Å². The molecule has 2 heterocycles. The van der Waals surface area contributed by atoms with E-state index < -0.39 is 35.1 Å². The molecular weight excluding hydrogens is 360 g/mol. The number of benzene rings is 2. The fourth-order valence-electron chi connectivity index (χ4n) is 4.56. The summed E-state index contributed by atoms with van der Waals surface area (Å²) in [6.07, 6.45) is 3.46. The fourth-order valence-corrected chi connectivity index (χ4v) is 4.56. The van der Waals surface area contributed by atoms with Crippen LogP contribution in [0.3, 0.4) is 0 Å². The number of carbonyl (C=O) groups is 1. The van der Waals surface area contributed by atoms with E-state index in [1.165, 1.54) is 19.1 Å². The molecule has 4 nitrogen and oxygen atoms in total. The summed E-state index contributed by atoms with van der Waals surface area (Å²) in [5.41, 5.74) is -0.380. The molecule has 0 aliphatic carbocycles. The molecule has 2 aromatic rings. The lowest BCUT2D eigenvalue weighted by molar-refractivity contribution is -0.121. The van der Waals surface area contributed by atoms with Crippen molar-refractivity contribution in [2.24, 2.45) is 5.41 Å². The van der Waals surface area contributed by atoms with E-state index in [2.05, 4.69) is 12.1 Å². The van der Waals surface area contributed by atoms with Crippen molar-refractivity contribution in [2.45, 2.75) is 24.9 Å². The molecular formula is C22H15F2N3O. The molecule has 0 aromatic heterocycles. The smallest absolute Gasteiger partial charge is 0.177 e. The van der Waals surface area contributed by atoms with Gasteiger partial charge < -0.3 is 4.90 Å². The lowest BCUT2D eigenvalue weighted by Crippen LogP contribution is -2.36. The molecule has 138 valence electrons. The molecule has 2 aliphatic heterocycles. The van der Waals surface area contributed by atoms with Gasteiger partial charge in [0.25, 0.3) is 0 Å². The lowest BCUT2D eigenvalue weighted by Gasteiger charge is -2.34. The summed E-state index contributed by atoms with van der Waals surface area (Å²) in [5, 5.41) is 20.2. The zero-order valence-electron chi connectivity index (χ0n) is 14.9. The van der Waals surface area contributed by atoms with Crippen molar-refractivity contribution in [2.75, 3.05) is 0 Å². The van der Waals surface area contributed by atoms with Crippen molar-refractivity contribution < 1.29 is 13.6 Å². The summed E-state index contributed by atoms with van der Waals surface area (Å²) >= 11 is 0. The number of hydrogen-bond donors (Lipinski definition) is 0. The molecule has 0 N–H and O–H groups in total. The van der Waals surface area contributed by atoms with Crippen LogP contribution in [0.2, 0.25) is 0 Å². The van der Waals surface area contributed by atoms with Crippen LogP contribution in [0.25, 0.3) is 6.08 Å². The van der Waals surface area contributed by atoms with E-state index in [0.717, 1.165) is 11.6 Å². The van der Waals surface area contributed by atoms with Gasteiger partial charge in [-0.15, -0.1) is 0 Å². The van der Waals surface area contributed by atoms with Crippen molar-refractivity contribution in [1.82, 2.24) is 4.90 Å². The molecule has 1 fully saturated rings. The highest BCUT2D eigenvalue weighted by atomic mass is 19.2. The van der Waals surface area contributed by atoms with Crippen LogP contribution in [-0.2, 0) is 4.79 Å². The predicted octanol–water partition coefficient (Wildman–Crippen LogP) is 4.08. The Hall–Kier alpha value is -3.51. The Morgan fingerprint density at radius 3 is 2.43 bits per heavy atom. The SMILES string of the molecule is CC(=O)C1C(c2cccc(F)c2F)C(C#N)(C#N)C2c3ccccc3C=CN12. The largest absolute Gasteiger partial charge is 0.357 e. The van der Waals surface area contributed by atoms with Gasteiger partial charge in [-0.2, -0.15) is 10.5 Å². The number of nitriles is 2. The minimum Gasteiger partial charge on any atom is -0.357 e. The number of nitrogens with zero attached hydrogens (tertiary/aromatic N) is 3. The van der Waals surface area contributed by atoms with Crippen LogP contribution in [0.15, 0.2) is 48.7 Å². The zero-order valence-corrected chi connectivity index (χ0v) is 14.9. The number of ketones is 1. The average molecular weight is 375 g/mol. The minimum atomic E-state index is -1.77. The van der Waals surface area contributed by atoms with Crippen LogP contribution in [-0.4, -0.2) is 16.7 Å². The number of fused-ring (bicyclic) bond motifs is 3. The zero-order chi connectivity index (χ0) is 20.1. The van der Waals surface area contributed by atoms with Crippen molar-refractivity contribution in [3.8, 4) is 12.1 Å². The second-order valence-corrected chi connectivity index (χ2v) is 7.06. The maximum Gasteiger partial charge on any atom is 0.177 e. The van der Waals surface area contributed by atoms with Gasteiger partial charge in [-0.1, -0.05) is 36.4 Å². The topological polar surface area (TPSA) is 67.9 Å². The van der Waals surface area contributed by atoms with E-state index in [4.69, 9.17) is 0 Å². The second kappa shape index (κ2) is 6.28. The number of halogens is 2. The molecule has 3 unspecified atom stereocenters. The molecule has 0 radical (unpaired) electrons. The van der Waals surface area contributed by atoms with Crippen LogP contribution in [0.5, 0.6) is 0 Å². The molecule has 0 spiro atoms. The first-order valence-electron chi connectivity index (χ1n) is 8.77. The molecule has 2 aliphatic rings. The first-order chi connectivity index (χ1) is 13.5. The van der Waals surface area contributed by atoms with Gasteiger partial charge in [-0.25, -0.2) is 8.78 Å². The van der Waals surface area contributed by atoms with Gasteiger partial charge in [0, 0.05) is 12.1 Å². The highest BCUT2D eigenvalue weighted by Crippen LogP contribution is 2.59. The summed E-state index contributed by atoms with van der Waals surface area (Å²) in [4.78, 5) is 14.2. The number of hydrogen-bond acceptors (Lipinski definition) is 4. The quantitative estimate of drug-likeness (QED) is 0.793. The van der Waals surface area contributed by atoms with Gasteiger partial charge in [0.05, 0.1) is 24.2 Å². The highest BCUT2D eigenvalue weighted by Gasteiger charge is 2.63. The van der Waals surface area contributed by atoms with E-state index in [-0.39, 0.29) is 11.3 Å². The molecule has 6 heteroatoms. The van der Waals surface area contributed by atoms with E-state index in [9.17, 15) is 24.1 Å². The Labute approximate surface area is 160 Å².